The number of carbonyl (C=O) groups is 1. The predicted molar refractivity (Wildman–Crippen MR) is 138 cm³/mol. The summed E-state index contributed by atoms with van der Waals surface area (Å²) < 4.78 is 65.8. The summed E-state index contributed by atoms with van der Waals surface area (Å²) >= 11 is 1.66. The minimum absolute atomic E-state index is 0.0280. The molecule has 0 saturated heterocycles. The average molecular weight is 538 g/mol. The molecule has 37 heavy (non-hydrogen) atoms. The Bertz CT molecular complexity index is 1230. The zero-order chi connectivity index (χ0) is 27.8. The van der Waals surface area contributed by atoms with Crippen LogP contribution in [0.3, 0.4) is 0 Å². The number of hydrogen-bond donors (Lipinski definition) is 2. The maximum atomic E-state index is 14.3. The SMILES string of the molecule is C=CC(C)(C)c1c(F)cc(NC(=O)Cc2ccc(SCC)cn2)cc1F.CNc1cc(F)c(F)cc1F. The van der Waals surface area contributed by atoms with Crippen LogP contribution in [0.1, 0.15) is 32.0 Å². The van der Waals surface area contributed by atoms with Gasteiger partial charge in [-0.2, -0.15) is 0 Å². The quantitative estimate of drug-likeness (QED) is 0.137. The molecule has 2 N–H and O–H groups in total. The summed E-state index contributed by atoms with van der Waals surface area (Å²) in [7, 11) is 1.43. The highest BCUT2D eigenvalue weighted by molar-refractivity contribution is 7.99. The number of pyridine rings is 1. The van der Waals surface area contributed by atoms with E-state index in [1.807, 2.05) is 13.0 Å². The van der Waals surface area contributed by atoms with Crippen LogP contribution >= 0.6 is 11.8 Å². The first-order valence-corrected chi connectivity index (χ1v) is 12.2. The molecule has 3 rings (SSSR count). The summed E-state index contributed by atoms with van der Waals surface area (Å²) in [5.41, 5.74) is -0.307. The van der Waals surface area contributed by atoms with Gasteiger partial charge in [0.15, 0.2) is 11.6 Å². The molecule has 0 atom stereocenters. The molecule has 2 aromatic carbocycles. The van der Waals surface area contributed by atoms with E-state index in [0.717, 1.165) is 28.8 Å². The van der Waals surface area contributed by atoms with Gasteiger partial charge in [-0.25, -0.2) is 22.0 Å². The van der Waals surface area contributed by atoms with Gasteiger partial charge in [-0.3, -0.25) is 9.78 Å². The maximum Gasteiger partial charge on any atom is 0.230 e. The lowest BCUT2D eigenvalue weighted by molar-refractivity contribution is -0.115. The Labute approximate surface area is 217 Å². The number of allylic oxidation sites excluding steroid dienone is 1. The number of thioether (sulfide) groups is 1. The maximum absolute atomic E-state index is 14.3. The molecule has 198 valence electrons. The molecule has 1 heterocycles. The van der Waals surface area contributed by atoms with Crippen molar-refractivity contribution in [3.05, 3.63) is 95.6 Å². The van der Waals surface area contributed by atoms with Crippen LogP contribution in [-0.4, -0.2) is 23.7 Å². The molecule has 0 fully saturated rings. The first kappa shape index (κ1) is 29.8. The van der Waals surface area contributed by atoms with Gasteiger partial charge in [0, 0.05) is 52.6 Å². The standard InChI is InChI=1S/C20H22F2N2OS.C7H6F3N/c1-5-20(3,4)19-16(21)9-14(10-17(19)22)24-18(25)11-13-7-8-15(12-23-13)26-6-2;1-11-7-3-5(9)4(8)2-6(7)10/h5,7-10,12H,1,6,11H2,2-4H3,(H,24,25);2-3,11H,1H3. The Morgan fingerprint density at radius 3 is 2.14 bits per heavy atom. The number of rotatable bonds is 8. The molecule has 10 heteroatoms. The highest BCUT2D eigenvalue weighted by Crippen LogP contribution is 2.31. The van der Waals surface area contributed by atoms with E-state index >= 15 is 0 Å². The lowest BCUT2D eigenvalue weighted by Crippen LogP contribution is -2.19. The van der Waals surface area contributed by atoms with Crippen molar-refractivity contribution in [3.8, 4) is 0 Å². The van der Waals surface area contributed by atoms with E-state index in [-0.39, 0.29) is 29.3 Å². The second-order valence-electron chi connectivity index (χ2n) is 8.38. The van der Waals surface area contributed by atoms with Crippen molar-refractivity contribution >= 4 is 29.0 Å². The Morgan fingerprint density at radius 1 is 1.00 bits per heavy atom. The van der Waals surface area contributed by atoms with E-state index in [1.165, 1.54) is 13.1 Å². The lowest BCUT2D eigenvalue weighted by atomic mass is 9.84. The molecule has 0 aliphatic heterocycles. The Balaban J connectivity index is 0.000000364. The van der Waals surface area contributed by atoms with Crippen LogP contribution in [0.4, 0.5) is 33.3 Å². The summed E-state index contributed by atoms with van der Waals surface area (Å²) in [4.78, 5) is 17.4. The monoisotopic (exact) mass is 537 g/mol. The summed E-state index contributed by atoms with van der Waals surface area (Å²) in [5.74, 6) is -3.92. The van der Waals surface area contributed by atoms with Gasteiger partial charge in [0.05, 0.1) is 12.1 Å². The van der Waals surface area contributed by atoms with Crippen molar-refractivity contribution in [3.63, 3.8) is 0 Å². The molecule has 0 spiro atoms. The molecule has 1 aromatic heterocycles. The number of nitrogens with zero attached hydrogens (tertiary/aromatic N) is 1. The second-order valence-corrected chi connectivity index (χ2v) is 9.72. The Hall–Kier alpha value is -3.40. The number of nitrogens with one attached hydrogen (secondary N) is 2. The lowest BCUT2D eigenvalue weighted by Gasteiger charge is -2.22. The van der Waals surface area contributed by atoms with E-state index < -0.39 is 34.5 Å². The minimum Gasteiger partial charge on any atom is -0.386 e. The largest absolute Gasteiger partial charge is 0.386 e. The van der Waals surface area contributed by atoms with Crippen LogP contribution in [0.5, 0.6) is 0 Å². The number of hydrogen-bond acceptors (Lipinski definition) is 4. The second kappa shape index (κ2) is 13.2. The molecule has 0 radical (unpaired) electrons. The number of aromatic nitrogens is 1. The highest BCUT2D eigenvalue weighted by Gasteiger charge is 2.25. The summed E-state index contributed by atoms with van der Waals surface area (Å²) in [6.07, 6.45) is 3.22. The van der Waals surface area contributed by atoms with E-state index in [4.69, 9.17) is 0 Å². The van der Waals surface area contributed by atoms with Gasteiger partial charge in [-0.15, -0.1) is 18.3 Å². The van der Waals surface area contributed by atoms with Crippen molar-refractivity contribution < 1.29 is 26.7 Å². The van der Waals surface area contributed by atoms with Crippen LogP contribution < -0.4 is 10.6 Å². The van der Waals surface area contributed by atoms with Crippen molar-refractivity contribution in [1.82, 2.24) is 4.98 Å². The first-order chi connectivity index (χ1) is 17.4. The molecule has 0 unspecified atom stereocenters. The molecule has 0 saturated carbocycles. The normalized spacial score (nSPS) is 10.8. The van der Waals surface area contributed by atoms with E-state index in [9.17, 15) is 26.7 Å². The van der Waals surface area contributed by atoms with Crippen molar-refractivity contribution in [1.29, 1.82) is 0 Å². The van der Waals surface area contributed by atoms with Gasteiger partial charge in [0.25, 0.3) is 0 Å². The third-order valence-corrected chi connectivity index (χ3v) is 6.07. The minimum atomic E-state index is -1.18. The number of amides is 1. The van der Waals surface area contributed by atoms with Gasteiger partial charge in [0.1, 0.15) is 17.5 Å². The average Bonchev–Trinajstić information content (AvgIpc) is 2.82. The number of benzene rings is 2. The van der Waals surface area contributed by atoms with Gasteiger partial charge in [0.2, 0.25) is 5.91 Å². The van der Waals surface area contributed by atoms with E-state index in [2.05, 4.69) is 22.2 Å². The molecule has 0 aliphatic rings. The van der Waals surface area contributed by atoms with Crippen LogP contribution in [0.2, 0.25) is 0 Å². The van der Waals surface area contributed by atoms with Gasteiger partial charge >= 0.3 is 0 Å². The first-order valence-electron chi connectivity index (χ1n) is 11.2. The summed E-state index contributed by atoms with van der Waals surface area (Å²) in [6.45, 7) is 9.01. The molecule has 3 aromatic rings. The Kier molecular flexibility index (Phi) is 10.7. The summed E-state index contributed by atoms with van der Waals surface area (Å²) in [5, 5.41) is 4.90. The molecule has 1 amide bonds. The third kappa shape index (κ3) is 8.31. The fraction of sp³-hybridized carbons (Fsp3) is 0.259. The highest BCUT2D eigenvalue weighted by atomic mass is 32.2. The van der Waals surface area contributed by atoms with Crippen molar-refractivity contribution in [2.45, 2.75) is 37.5 Å². The molecule has 4 nitrogen and oxygen atoms in total. The van der Waals surface area contributed by atoms with Crippen molar-refractivity contribution in [2.75, 3.05) is 23.4 Å². The summed E-state index contributed by atoms with van der Waals surface area (Å²) in [6, 6.07) is 7.18. The van der Waals surface area contributed by atoms with E-state index in [1.54, 1.807) is 37.9 Å². The molecule has 0 aliphatic carbocycles. The topological polar surface area (TPSA) is 54.0 Å². The fourth-order valence-corrected chi connectivity index (χ4v) is 3.84. The Morgan fingerprint density at radius 2 is 1.62 bits per heavy atom. The third-order valence-electron chi connectivity index (χ3n) is 5.21. The molecular weight excluding hydrogens is 509 g/mol. The number of halogens is 5. The van der Waals surface area contributed by atoms with Gasteiger partial charge in [-0.1, -0.05) is 26.8 Å². The molecular formula is C27H28F5N3OS. The van der Waals surface area contributed by atoms with E-state index in [0.29, 0.717) is 11.8 Å². The van der Waals surface area contributed by atoms with Crippen LogP contribution in [-0.2, 0) is 16.6 Å². The van der Waals surface area contributed by atoms with Crippen LogP contribution in [0, 0.1) is 29.1 Å². The zero-order valence-electron chi connectivity index (χ0n) is 20.9. The smallest absolute Gasteiger partial charge is 0.230 e. The van der Waals surface area contributed by atoms with Gasteiger partial charge < -0.3 is 10.6 Å². The van der Waals surface area contributed by atoms with Crippen molar-refractivity contribution in [2.24, 2.45) is 0 Å². The fourth-order valence-electron chi connectivity index (χ4n) is 3.21. The zero-order valence-corrected chi connectivity index (χ0v) is 21.7. The molecule has 0 bridgehead atoms. The predicted octanol–water partition coefficient (Wildman–Crippen LogP) is 7.26. The number of carbonyl (C=O) groups excluding carboxylic acids is 1. The van der Waals surface area contributed by atoms with Crippen LogP contribution in [0.25, 0.3) is 0 Å². The van der Waals surface area contributed by atoms with Crippen LogP contribution in [0.15, 0.2) is 60.1 Å². The number of anilines is 2. The van der Waals surface area contributed by atoms with Gasteiger partial charge in [-0.05, 0) is 30.0 Å².